The Morgan fingerprint density at radius 1 is 1.15 bits per heavy atom. The van der Waals surface area contributed by atoms with Gasteiger partial charge in [0.15, 0.2) is 5.78 Å². The van der Waals surface area contributed by atoms with E-state index in [1.165, 1.54) is 5.56 Å². The quantitative estimate of drug-likeness (QED) is 0.662. The summed E-state index contributed by atoms with van der Waals surface area (Å²) in [6.45, 7) is 6.27. The van der Waals surface area contributed by atoms with E-state index in [1.807, 2.05) is 43.3 Å². The summed E-state index contributed by atoms with van der Waals surface area (Å²) in [6, 6.07) is 13.4. The summed E-state index contributed by atoms with van der Waals surface area (Å²) in [6.07, 6.45) is 1.10. The average Bonchev–Trinajstić information content (AvgIpc) is 2.48. The lowest BCUT2D eigenvalue weighted by atomic mass is 9.94. The summed E-state index contributed by atoms with van der Waals surface area (Å²) in [7, 11) is 0. The summed E-state index contributed by atoms with van der Waals surface area (Å²) in [4.78, 5) is 12.5. The molecule has 0 amide bonds. The zero-order valence-electron chi connectivity index (χ0n) is 12.3. The van der Waals surface area contributed by atoms with Crippen LogP contribution < -0.4 is 5.73 Å². The maximum absolute atomic E-state index is 12.5. The van der Waals surface area contributed by atoms with Gasteiger partial charge in [0.1, 0.15) is 0 Å². The van der Waals surface area contributed by atoms with Crippen molar-refractivity contribution in [3.63, 3.8) is 0 Å². The number of hydrogen-bond acceptors (Lipinski definition) is 2. The molecule has 2 aromatic carbocycles. The van der Waals surface area contributed by atoms with E-state index < -0.39 is 0 Å². The van der Waals surface area contributed by atoms with Crippen molar-refractivity contribution in [3.8, 4) is 0 Å². The van der Waals surface area contributed by atoms with Crippen LogP contribution >= 0.6 is 0 Å². The van der Waals surface area contributed by atoms with Crippen LogP contribution in [-0.4, -0.2) is 5.78 Å². The topological polar surface area (TPSA) is 43.1 Å². The number of nitrogens with two attached hydrogens (primary N) is 1. The summed E-state index contributed by atoms with van der Waals surface area (Å²) in [5.74, 6) is 0.505. The van der Waals surface area contributed by atoms with Gasteiger partial charge in [0.2, 0.25) is 0 Å². The van der Waals surface area contributed by atoms with Crippen molar-refractivity contribution in [2.75, 3.05) is 5.73 Å². The highest BCUT2D eigenvalue weighted by molar-refractivity contribution is 6.12. The molecule has 0 spiro atoms. The molecule has 1 unspecified atom stereocenters. The molecular formula is C18H21NO. The van der Waals surface area contributed by atoms with E-state index in [2.05, 4.69) is 13.8 Å². The van der Waals surface area contributed by atoms with E-state index >= 15 is 0 Å². The van der Waals surface area contributed by atoms with Crippen molar-refractivity contribution in [2.24, 2.45) is 0 Å². The van der Waals surface area contributed by atoms with Gasteiger partial charge >= 0.3 is 0 Å². The van der Waals surface area contributed by atoms with Gasteiger partial charge in [-0.2, -0.15) is 0 Å². The molecule has 0 aliphatic heterocycles. The highest BCUT2D eigenvalue weighted by Gasteiger charge is 2.13. The number of hydrogen-bond donors (Lipinski definition) is 1. The molecular weight excluding hydrogens is 246 g/mol. The first-order chi connectivity index (χ1) is 9.54. The number of benzene rings is 2. The Kier molecular flexibility index (Phi) is 4.23. The standard InChI is InChI=1S/C18H21NO/c1-4-12(2)14-8-10-15(11-9-14)18(20)16-7-5-6-13(3)17(16)19/h5-12H,4,19H2,1-3H3. The van der Waals surface area contributed by atoms with Crippen LogP contribution in [-0.2, 0) is 0 Å². The number of para-hydroxylation sites is 1. The van der Waals surface area contributed by atoms with Crippen molar-refractivity contribution < 1.29 is 4.79 Å². The molecule has 0 aliphatic carbocycles. The molecule has 0 radical (unpaired) electrons. The number of ketones is 1. The van der Waals surface area contributed by atoms with Crippen LogP contribution in [0.2, 0.25) is 0 Å². The molecule has 2 heteroatoms. The molecule has 2 rings (SSSR count). The van der Waals surface area contributed by atoms with Gasteiger partial charge < -0.3 is 5.73 Å². The molecule has 2 N–H and O–H groups in total. The number of carbonyl (C=O) groups is 1. The number of aryl methyl sites for hydroxylation is 1. The van der Waals surface area contributed by atoms with Crippen LogP contribution in [0.15, 0.2) is 42.5 Å². The highest BCUT2D eigenvalue weighted by Crippen LogP contribution is 2.23. The number of anilines is 1. The monoisotopic (exact) mass is 267 g/mol. The Balaban J connectivity index is 2.32. The van der Waals surface area contributed by atoms with Crippen LogP contribution in [0.5, 0.6) is 0 Å². The van der Waals surface area contributed by atoms with Gasteiger partial charge in [0.25, 0.3) is 0 Å². The van der Waals surface area contributed by atoms with Crippen molar-refractivity contribution in [1.29, 1.82) is 0 Å². The lowest BCUT2D eigenvalue weighted by Crippen LogP contribution is -2.06. The zero-order chi connectivity index (χ0) is 14.7. The van der Waals surface area contributed by atoms with Gasteiger partial charge in [-0.25, -0.2) is 0 Å². The first kappa shape index (κ1) is 14.3. The van der Waals surface area contributed by atoms with Crippen molar-refractivity contribution in [1.82, 2.24) is 0 Å². The minimum absolute atomic E-state index is 0.0121. The van der Waals surface area contributed by atoms with Crippen molar-refractivity contribution in [3.05, 3.63) is 64.7 Å². The third-order valence-electron chi connectivity index (χ3n) is 3.92. The van der Waals surface area contributed by atoms with E-state index in [4.69, 9.17) is 5.73 Å². The van der Waals surface area contributed by atoms with E-state index in [-0.39, 0.29) is 5.78 Å². The smallest absolute Gasteiger partial charge is 0.195 e. The fourth-order valence-electron chi connectivity index (χ4n) is 2.23. The molecule has 1 atom stereocenters. The molecule has 2 nitrogen and oxygen atoms in total. The lowest BCUT2D eigenvalue weighted by molar-refractivity contribution is 0.103. The first-order valence-electron chi connectivity index (χ1n) is 7.04. The summed E-state index contributed by atoms with van der Waals surface area (Å²) in [5.41, 5.74) is 10.0. The highest BCUT2D eigenvalue weighted by atomic mass is 16.1. The molecule has 20 heavy (non-hydrogen) atoms. The second kappa shape index (κ2) is 5.91. The van der Waals surface area contributed by atoms with E-state index in [0.717, 1.165) is 12.0 Å². The molecule has 104 valence electrons. The van der Waals surface area contributed by atoms with Gasteiger partial charge in [-0.05, 0) is 36.5 Å². The Hall–Kier alpha value is -2.09. The van der Waals surface area contributed by atoms with Crippen LogP contribution in [0.3, 0.4) is 0 Å². The second-order valence-electron chi connectivity index (χ2n) is 5.30. The number of nitrogen functional groups attached to an aromatic ring is 1. The largest absolute Gasteiger partial charge is 0.398 e. The van der Waals surface area contributed by atoms with Crippen molar-refractivity contribution >= 4 is 11.5 Å². The zero-order valence-corrected chi connectivity index (χ0v) is 12.3. The van der Waals surface area contributed by atoms with Gasteiger partial charge in [-0.15, -0.1) is 0 Å². The minimum atomic E-state index is -0.0121. The summed E-state index contributed by atoms with van der Waals surface area (Å²) in [5, 5.41) is 0. The van der Waals surface area contributed by atoms with Gasteiger partial charge in [0.05, 0.1) is 0 Å². The fraction of sp³-hybridized carbons (Fsp3) is 0.278. The second-order valence-corrected chi connectivity index (χ2v) is 5.30. The Bertz CT molecular complexity index is 614. The van der Waals surface area contributed by atoms with Crippen molar-refractivity contribution in [2.45, 2.75) is 33.1 Å². The van der Waals surface area contributed by atoms with E-state index in [9.17, 15) is 4.79 Å². The lowest BCUT2D eigenvalue weighted by Gasteiger charge is -2.10. The van der Waals surface area contributed by atoms with Gasteiger partial charge in [-0.3, -0.25) is 4.79 Å². The van der Waals surface area contributed by atoms with Crippen LogP contribution in [0, 0.1) is 6.92 Å². The third kappa shape index (κ3) is 2.74. The average molecular weight is 267 g/mol. The molecule has 0 heterocycles. The molecule has 2 aromatic rings. The molecule has 0 aliphatic rings. The molecule has 0 saturated carbocycles. The maximum atomic E-state index is 12.5. The predicted molar refractivity (Wildman–Crippen MR) is 84.2 cm³/mol. The van der Waals surface area contributed by atoms with E-state index in [1.54, 1.807) is 6.07 Å². The fourth-order valence-corrected chi connectivity index (χ4v) is 2.23. The normalized spacial score (nSPS) is 12.2. The van der Waals surface area contributed by atoms with Gasteiger partial charge in [0, 0.05) is 16.8 Å². The minimum Gasteiger partial charge on any atom is -0.398 e. The molecule has 0 aromatic heterocycles. The summed E-state index contributed by atoms with van der Waals surface area (Å²) < 4.78 is 0. The van der Waals surface area contributed by atoms with Crippen LogP contribution in [0.25, 0.3) is 0 Å². The van der Waals surface area contributed by atoms with Crippen LogP contribution in [0.1, 0.15) is 53.2 Å². The molecule has 0 saturated heterocycles. The molecule has 0 fully saturated rings. The first-order valence-corrected chi connectivity index (χ1v) is 7.04. The Labute approximate surface area is 120 Å². The maximum Gasteiger partial charge on any atom is 0.195 e. The van der Waals surface area contributed by atoms with E-state index in [0.29, 0.717) is 22.7 Å². The summed E-state index contributed by atoms with van der Waals surface area (Å²) >= 11 is 0. The number of carbonyl (C=O) groups excluding carboxylic acids is 1. The Morgan fingerprint density at radius 2 is 1.80 bits per heavy atom. The number of rotatable bonds is 4. The Morgan fingerprint density at radius 3 is 2.40 bits per heavy atom. The SMILES string of the molecule is CCC(C)c1ccc(C(=O)c2cccc(C)c2N)cc1. The van der Waals surface area contributed by atoms with Crippen LogP contribution in [0.4, 0.5) is 5.69 Å². The third-order valence-corrected chi connectivity index (χ3v) is 3.92. The molecule has 0 bridgehead atoms. The predicted octanol–water partition coefficient (Wildman–Crippen LogP) is 4.32. The van der Waals surface area contributed by atoms with Gasteiger partial charge in [-0.1, -0.05) is 50.2 Å².